The van der Waals surface area contributed by atoms with E-state index >= 15 is 0 Å². The van der Waals surface area contributed by atoms with Crippen LogP contribution in [0.4, 0.5) is 0 Å². The lowest BCUT2D eigenvalue weighted by molar-refractivity contribution is 0.407. The minimum absolute atomic E-state index is 0.212. The van der Waals surface area contributed by atoms with Gasteiger partial charge in [0.2, 0.25) is 0 Å². The SMILES string of the molecule is COc1cc(O)cc(/C=C/c2ccsc2)c1. The fraction of sp³-hybridized carbons (Fsp3) is 0.0769. The van der Waals surface area contributed by atoms with Gasteiger partial charge in [0.1, 0.15) is 11.5 Å². The van der Waals surface area contributed by atoms with E-state index in [-0.39, 0.29) is 5.75 Å². The van der Waals surface area contributed by atoms with Gasteiger partial charge in [-0.15, -0.1) is 0 Å². The molecule has 0 fully saturated rings. The molecule has 0 spiro atoms. The van der Waals surface area contributed by atoms with Gasteiger partial charge >= 0.3 is 0 Å². The molecule has 0 amide bonds. The minimum Gasteiger partial charge on any atom is -0.508 e. The van der Waals surface area contributed by atoms with Gasteiger partial charge in [-0.1, -0.05) is 12.2 Å². The first kappa shape index (κ1) is 10.8. The standard InChI is InChI=1S/C13H12O2S/c1-15-13-7-11(6-12(14)8-13)3-2-10-4-5-16-9-10/h2-9,14H,1H3/b3-2+. The van der Waals surface area contributed by atoms with Crippen LogP contribution in [0.3, 0.4) is 0 Å². The topological polar surface area (TPSA) is 29.5 Å². The van der Waals surface area contributed by atoms with Gasteiger partial charge in [0.05, 0.1) is 7.11 Å². The average Bonchev–Trinajstić information content (AvgIpc) is 2.78. The number of hydrogen-bond acceptors (Lipinski definition) is 3. The molecule has 2 aromatic rings. The molecule has 0 atom stereocenters. The van der Waals surface area contributed by atoms with Gasteiger partial charge in [-0.05, 0) is 40.1 Å². The summed E-state index contributed by atoms with van der Waals surface area (Å²) in [6.07, 6.45) is 3.95. The second kappa shape index (κ2) is 4.86. The van der Waals surface area contributed by atoms with E-state index in [0.29, 0.717) is 5.75 Å². The maximum Gasteiger partial charge on any atom is 0.123 e. The first-order valence-electron chi connectivity index (χ1n) is 4.86. The van der Waals surface area contributed by atoms with Crippen molar-refractivity contribution < 1.29 is 9.84 Å². The second-order valence-electron chi connectivity index (χ2n) is 3.35. The molecule has 1 heterocycles. The van der Waals surface area contributed by atoms with Crippen LogP contribution in [-0.2, 0) is 0 Å². The van der Waals surface area contributed by atoms with E-state index in [4.69, 9.17) is 4.74 Å². The fourth-order valence-corrected chi connectivity index (χ4v) is 2.01. The van der Waals surface area contributed by atoms with E-state index in [0.717, 1.165) is 11.1 Å². The van der Waals surface area contributed by atoms with Crippen molar-refractivity contribution >= 4 is 23.5 Å². The Balaban J connectivity index is 2.24. The molecule has 1 aromatic heterocycles. The number of hydrogen-bond donors (Lipinski definition) is 1. The molecule has 0 radical (unpaired) electrons. The third-order valence-corrected chi connectivity index (χ3v) is 2.86. The van der Waals surface area contributed by atoms with Gasteiger partial charge in [0, 0.05) is 6.07 Å². The molecule has 0 aliphatic rings. The number of ether oxygens (including phenoxy) is 1. The molecule has 0 bridgehead atoms. The number of methoxy groups -OCH3 is 1. The van der Waals surface area contributed by atoms with Crippen LogP contribution < -0.4 is 4.74 Å². The largest absolute Gasteiger partial charge is 0.508 e. The fourth-order valence-electron chi connectivity index (χ4n) is 1.38. The van der Waals surface area contributed by atoms with E-state index < -0.39 is 0 Å². The first-order valence-corrected chi connectivity index (χ1v) is 5.80. The van der Waals surface area contributed by atoms with Gasteiger partial charge in [-0.2, -0.15) is 11.3 Å². The average molecular weight is 232 g/mol. The van der Waals surface area contributed by atoms with Crippen molar-refractivity contribution in [2.75, 3.05) is 7.11 Å². The lowest BCUT2D eigenvalue weighted by Gasteiger charge is -2.02. The van der Waals surface area contributed by atoms with Crippen molar-refractivity contribution in [3.05, 3.63) is 46.2 Å². The van der Waals surface area contributed by atoms with Crippen LogP contribution in [0.2, 0.25) is 0 Å². The summed E-state index contributed by atoms with van der Waals surface area (Å²) in [6, 6.07) is 7.21. The first-order chi connectivity index (χ1) is 7.78. The van der Waals surface area contributed by atoms with Gasteiger partial charge in [0.15, 0.2) is 0 Å². The summed E-state index contributed by atoms with van der Waals surface area (Å²) >= 11 is 1.66. The van der Waals surface area contributed by atoms with Gasteiger partial charge < -0.3 is 9.84 Å². The van der Waals surface area contributed by atoms with Crippen LogP contribution in [0.15, 0.2) is 35.0 Å². The predicted octanol–water partition coefficient (Wildman–Crippen LogP) is 3.63. The molecule has 2 rings (SSSR count). The molecule has 1 N–H and O–H groups in total. The molecule has 0 saturated heterocycles. The van der Waals surface area contributed by atoms with Crippen molar-refractivity contribution in [3.8, 4) is 11.5 Å². The highest BCUT2D eigenvalue weighted by molar-refractivity contribution is 7.08. The quantitative estimate of drug-likeness (QED) is 0.875. The number of phenolic OH excluding ortho intramolecular Hbond substituents is 1. The van der Waals surface area contributed by atoms with Gasteiger partial charge in [-0.25, -0.2) is 0 Å². The predicted molar refractivity (Wildman–Crippen MR) is 67.9 cm³/mol. The molecule has 0 aliphatic carbocycles. The Morgan fingerprint density at radius 2 is 2.00 bits per heavy atom. The van der Waals surface area contributed by atoms with Crippen LogP contribution in [-0.4, -0.2) is 12.2 Å². The summed E-state index contributed by atoms with van der Waals surface area (Å²) in [5, 5.41) is 13.6. The molecule has 1 aromatic carbocycles. The molecular formula is C13H12O2S. The number of rotatable bonds is 3. The number of thiophene rings is 1. The van der Waals surface area contributed by atoms with Crippen molar-refractivity contribution in [3.63, 3.8) is 0 Å². The molecule has 3 heteroatoms. The number of aromatic hydroxyl groups is 1. The highest BCUT2D eigenvalue weighted by Crippen LogP contribution is 2.23. The van der Waals surface area contributed by atoms with Crippen molar-refractivity contribution in [2.24, 2.45) is 0 Å². The smallest absolute Gasteiger partial charge is 0.123 e. The zero-order valence-electron chi connectivity index (χ0n) is 8.88. The molecule has 82 valence electrons. The minimum atomic E-state index is 0.212. The highest BCUT2D eigenvalue weighted by atomic mass is 32.1. The highest BCUT2D eigenvalue weighted by Gasteiger charge is 1.97. The Kier molecular flexibility index (Phi) is 3.27. The zero-order valence-corrected chi connectivity index (χ0v) is 9.70. The van der Waals surface area contributed by atoms with Crippen LogP contribution >= 0.6 is 11.3 Å². The summed E-state index contributed by atoms with van der Waals surface area (Å²) in [7, 11) is 1.58. The molecular weight excluding hydrogens is 220 g/mol. The van der Waals surface area contributed by atoms with Crippen molar-refractivity contribution in [1.29, 1.82) is 0 Å². The number of phenols is 1. The Morgan fingerprint density at radius 1 is 1.19 bits per heavy atom. The lowest BCUT2D eigenvalue weighted by atomic mass is 10.1. The Labute approximate surface area is 98.4 Å². The number of benzene rings is 1. The summed E-state index contributed by atoms with van der Waals surface area (Å²) in [5.41, 5.74) is 2.08. The second-order valence-corrected chi connectivity index (χ2v) is 4.13. The van der Waals surface area contributed by atoms with Gasteiger partial charge in [0.25, 0.3) is 0 Å². The van der Waals surface area contributed by atoms with E-state index in [1.165, 1.54) is 0 Å². The normalized spacial score (nSPS) is 10.8. The van der Waals surface area contributed by atoms with Crippen molar-refractivity contribution in [2.45, 2.75) is 0 Å². The zero-order chi connectivity index (χ0) is 11.4. The molecule has 16 heavy (non-hydrogen) atoms. The molecule has 0 aliphatic heterocycles. The van der Waals surface area contributed by atoms with E-state index in [1.54, 1.807) is 30.6 Å². The van der Waals surface area contributed by atoms with Crippen LogP contribution in [0, 0.1) is 0 Å². The summed E-state index contributed by atoms with van der Waals surface area (Å²) in [6.45, 7) is 0. The van der Waals surface area contributed by atoms with Gasteiger partial charge in [-0.3, -0.25) is 0 Å². The Bertz CT molecular complexity index is 487. The van der Waals surface area contributed by atoms with Crippen LogP contribution in [0.5, 0.6) is 11.5 Å². The summed E-state index contributed by atoms with van der Waals surface area (Å²) in [5.74, 6) is 0.870. The van der Waals surface area contributed by atoms with Crippen LogP contribution in [0.1, 0.15) is 11.1 Å². The molecule has 0 unspecified atom stereocenters. The molecule has 2 nitrogen and oxygen atoms in total. The van der Waals surface area contributed by atoms with Crippen molar-refractivity contribution in [1.82, 2.24) is 0 Å². The Hall–Kier alpha value is -1.74. The summed E-state index contributed by atoms with van der Waals surface area (Å²) < 4.78 is 5.08. The molecule has 0 saturated carbocycles. The Morgan fingerprint density at radius 3 is 2.69 bits per heavy atom. The van der Waals surface area contributed by atoms with E-state index in [1.807, 2.05) is 29.7 Å². The van der Waals surface area contributed by atoms with Crippen LogP contribution in [0.25, 0.3) is 12.2 Å². The van der Waals surface area contributed by atoms with E-state index in [9.17, 15) is 5.11 Å². The maximum absolute atomic E-state index is 9.47. The third kappa shape index (κ3) is 2.64. The summed E-state index contributed by atoms with van der Waals surface area (Å²) in [4.78, 5) is 0. The van der Waals surface area contributed by atoms with E-state index in [2.05, 4.69) is 5.38 Å². The lowest BCUT2D eigenvalue weighted by Crippen LogP contribution is -1.83. The maximum atomic E-state index is 9.47. The third-order valence-electron chi connectivity index (χ3n) is 2.16. The monoisotopic (exact) mass is 232 g/mol.